The Kier molecular flexibility index (Phi) is 4.66. The fourth-order valence-electron chi connectivity index (χ4n) is 2.69. The van der Waals surface area contributed by atoms with Crippen LogP contribution in [0.1, 0.15) is 57.9 Å². The van der Waals surface area contributed by atoms with Crippen molar-refractivity contribution < 1.29 is 9.59 Å². The zero-order chi connectivity index (χ0) is 17.3. The van der Waals surface area contributed by atoms with Crippen LogP contribution >= 0.6 is 11.3 Å². The number of aromatic nitrogens is 3. The van der Waals surface area contributed by atoms with Crippen LogP contribution in [0.25, 0.3) is 0 Å². The summed E-state index contributed by atoms with van der Waals surface area (Å²) in [6.07, 6.45) is 0.738. The molecule has 0 spiro atoms. The van der Waals surface area contributed by atoms with Crippen LogP contribution in [0.15, 0.2) is 11.4 Å². The number of likely N-dealkylation sites (tertiary alicyclic amines) is 1. The van der Waals surface area contributed by atoms with Gasteiger partial charge in [-0.05, 0) is 25.3 Å². The third kappa shape index (κ3) is 3.48. The van der Waals surface area contributed by atoms with E-state index in [1.54, 1.807) is 16.3 Å². The van der Waals surface area contributed by atoms with Crippen molar-refractivity contribution in [2.24, 2.45) is 0 Å². The number of carbonyl (C=O) groups excluding carboxylic acids is 2. The van der Waals surface area contributed by atoms with Crippen LogP contribution in [0, 0.1) is 6.92 Å². The molecule has 24 heavy (non-hydrogen) atoms. The van der Waals surface area contributed by atoms with Gasteiger partial charge in [-0.1, -0.05) is 13.8 Å². The van der Waals surface area contributed by atoms with E-state index in [-0.39, 0.29) is 17.9 Å². The highest BCUT2D eigenvalue weighted by atomic mass is 32.1. The lowest BCUT2D eigenvalue weighted by Crippen LogP contribution is -2.38. The van der Waals surface area contributed by atoms with Crippen LogP contribution in [0.3, 0.4) is 0 Å². The Balaban J connectivity index is 1.58. The zero-order valence-electron chi connectivity index (χ0n) is 14.0. The largest absolute Gasteiger partial charge is 0.346 e. The first-order valence-electron chi connectivity index (χ1n) is 8.01. The predicted octanol–water partition coefficient (Wildman–Crippen LogP) is 1.94. The highest BCUT2D eigenvalue weighted by Gasteiger charge is 2.29. The molecule has 1 fully saturated rings. The first kappa shape index (κ1) is 16.6. The molecule has 1 aliphatic rings. The summed E-state index contributed by atoms with van der Waals surface area (Å²) in [4.78, 5) is 30.6. The van der Waals surface area contributed by atoms with Crippen molar-refractivity contribution in [2.75, 3.05) is 13.1 Å². The molecule has 8 heteroatoms. The lowest BCUT2D eigenvalue weighted by molar-refractivity contribution is 0.0777. The smallest absolute Gasteiger partial charge is 0.274 e. The van der Waals surface area contributed by atoms with E-state index in [0.717, 1.165) is 17.1 Å². The van der Waals surface area contributed by atoms with E-state index < -0.39 is 0 Å². The van der Waals surface area contributed by atoms with Gasteiger partial charge < -0.3 is 10.2 Å². The van der Waals surface area contributed by atoms with Gasteiger partial charge in [-0.2, -0.15) is 5.10 Å². The van der Waals surface area contributed by atoms with Crippen LogP contribution in [-0.2, 0) is 0 Å². The number of thiazole rings is 1. The van der Waals surface area contributed by atoms with Gasteiger partial charge in [0.25, 0.3) is 11.8 Å². The highest BCUT2D eigenvalue weighted by molar-refractivity contribution is 7.09. The number of aryl methyl sites for hydroxylation is 1. The molecule has 1 aliphatic heterocycles. The Morgan fingerprint density at radius 3 is 2.83 bits per heavy atom. The number of carbonyl (C=O) groups is 2. The van der Waals surface area contributed by atoms with Gasteiger partial charge in [0.2, 0.25) is 0 Å². The molecule has 0 bridgehead atoms. The molecule has 2 amide bonds. The second-order valence-electron chi connectivity index (χ2n) is 6.33. The summed E-state index contributed by atoms with van der Waals surface area (Å²) >= 11 is 1.45. The third-order valence-corrected chi connectivity index (χ3v) is 4.87. The number of aromatic amines is 1. The molecule has 1 atom stereocenters. The molecule has 3 heterocycles. The average Bonchev–Trinajstić information content (AvgIpc) is 3.26. The maximum Gasteiger partial charge on any atom is 0.274 e. The molecular formula is C16H21N5O2S. The Labute approximate surface area is 144 Å². The molecule has 2 aromatic heterocycles. The van der Waals surface area contributed by atoms with Gasteiger partial charge in [0.05, 0.1) is 5.01 Å². The molecule has 0 radical (unpaired) electrons. The first-order valence-corrected chi connectivity index (χ1v) is 8.89. The first-order chi connectivity index (χ1) is 11.4. The number of nitrogens with one attached hydrogen (secondary N) is 2. The number of H-pyrrole nitrogens is 1. The van der Waals surface area contributed by atoms with Crippen LogP contribution in [0.5, 0.6) is 0 Å². The summed E-state index contributed by atoms with van der Waals surface area (Å²) in [5.74, 6) is 0.0196. The minimum atomic E-state index is -0.180. The number of rotatable bonds is 4. The molecule has 1 unspecified atom stereocenters. The van der Waals surface area contributed by atoms with Gasteiger partial charge in [0.1, 0.15) is 11.4 Å². The topological polar surface area (TPSA) is 91.0 Å². The Bertz CT molecular complexity index is 751. The Morgan fingerprint density at radius 2 is 2.21 bits per heavy atom. The van der Waals surface area contributed by atoms with Gasteiger partial charge in [0.15, 0.2) is 0 Å². The molecule has 128 valence electrons. The van der Waals surface area contributed by atoms with Crippen LogP contribution in [0.2, 0.25) is 0 Å². The monoisotopic (exact) mass is 347 g/mol. The molecule has 1 saturated heterocycles. The van der Waals surface area contributed by atoms with Gasteiger partial charge in [-0.25, -0.2) is 4.98 Å². The van der Waals surface area contributed by atoms with Crippen LogP contribution in [0.4, 0.5) is 0 Å². The number of amides is 2. The van der Waals surface area contributed by atoms with Crippen molar-refractivity contribution in [1.29, 1.82) is 0 Å². The van der Waals surface area contributed by atoms with E-state index in [4.69, 9.17) is 0 Å². The van der Waals surface area contributed by atoms with Crippen molar-refractivity contribution in [3.8, 4) is 0 Å². The van der Waals surface area contributed by atoms with Crippen LogP contribution < -0.4 is 5.32 Å². The van der Waals surface area contributed by atoms with Gasteiger partial charge in [-0.15, -0.1) is 11.3 Å². The SMILES string of the molecule is Cc1nc(C(=O)NC2CCN(C(=O)c3cc(C(C)C)[nH]n3)C2)cs1. The lowest BCUT2D eigenvalue weighted by atomic mass is 10.1. The highest BCUT2D eigenvalue weighted by Crippen LogP contribution is 2.17. The Hall–Kier alpha value is -2.22. The van der Waals surface area contributed by atoms with Crippen LogP contribution in [-0.4, -0.2) is 51.0 Å². The normalized spacial score (nSPS) is 17.5. The molecule has 0 aliphatic carbocycles. The molecular weight excluding hydrogens is 326 g/mol. The molecule has 0 saturated carbocycles. The lowest BCUT2D eigenvalue weighted by Gasteiger charge is -2.15. The summed E-state index contributed by atoms with van der Waals surface area (Å²) in [6, 6.07) is 1.75. The summed E-state index contributed by atoms with van der Waals surface area (Å²) in [6.45, 7) is 7.07. The fourth-order valence-corrected chi connectivity index (χ4v) is 3.29. The second-order valence-corrected chi connectivity index (χ2v) is 7.39. The molecule has 7 nitrogen and oxygen atoms in total. The van der Waals surface area contributed by atoms with E-state index in [9.17, 15) is 9.59 Å². The van der Waals surface area contributed by atoms with Crippen molar-refractivity contribution in [3.05, 3.63) is 33.5 Å². The zero-order valence-corrected chi connectivity index (χ0v) is 14.8. The summed E-state index contributed by atoms with van der Waals surface area (Å²) in [5, 5.41) is 12.6. The fraction of sp³-hybridized carbons (Fsp3) is 0.500. The van der Waals surface area contributed by atoms with E-state index in [0.29, 0.717) is 30.4 Å². The maximum atomic E-state index is 12.5. The average molecular weight is 347 g/mol. The van der Waals surface area contributed by atoms with E-state index in [1.165, 1.54) is 11.3 Å². The third-order valence-electron chi connectivity index (χ3n) is 4.10. The standard InChI is InChI=1S/C16H21N5O2S/c1-9(2)12-6-13(20-19-12)16(23)21-5-4-11(7-21)18-15(22)14-8-24-10(3)17-14/h6,8-9,11H,4-5,7H2,1-3H3,(H,18,22)(H,19,20). The minimum absolute atomic E-state index is 0.0491. The number of hydrogen-bond donors (Lipinski definition) is 2. The number of nitrogens with zero attached hydrogens (tertiary/aromatic N) is 3. The molecule has 2 N–H and O–H groups in total. The van der Waals surface area contributed by atoms with E-state index >= 15 is 0 Å². The van der Waals surface area contributed by atoms with Crippen molar-refractivity contribution in [1.82, 2.24) is 25.4 Å². The van der Waals surface area contributed by atoms with Crippen molar-refractivity contribution in [2.45, 2.75) is 39.2 Å². The van der Waals surface area contributed by atoms with E-state index in [2.05, 4.69) is 20.5 Å². The maximum absolute atomic E-state index is 12.5. The van der Waals surface area contributed by atoms with Gasteiger partial charge in [0, 0.05) is 30.2 Å². The second kappa shape index (κ2) is 6.72. The summed E-state index contributed by atoms with van der Waals surface area (Å²) in [7, 11) is 0. The number of hydrogen-bond acceptors (Lipinski definition) is 5. The molecule has 0 aromatic carbocycles. The summed E-state index contributed by atoms with van der Waals surface area (Å²) < 4.78 is 0. The quantitative estimate of drug-likeness (QED) is 0.884. The van der Waals surface area contributed by atoms with Gasteiger partial charge >= 0.3 is 0 Å². The molecule has 2 aromatic rings. The van der Waals surface area contributed by atoms with Crippen molar-refractivity contribution >= 4 is 23.2 Å². The Morgan fingerprint density at radius 1 is 1.42 bits per heavy atom. The minimum Gasteiger partial charge on any atom is -0.346 e. The van der Waals surface area contributed by atoms with Gasteiger partial charge in [-0.3, -0.25) is 14.7 Å². The van der Waals surface area contributed by atoms with Crippen molar-refractivity contribution in [3.63, 3.8) is 0 Å². The van der Waals surface area contributed by atoms with E-state index in [1.807, 2.05) is 20.8 Å². The summed E-state index contributed by atoms with van der Waals surface area (Å²) in [5.41, 5.74) is 1.82. The molecule has 3 rings (SSSR count). The predicted molar refractivity (Wildman–Crippen MR) is 91.3 cm³/mol.